The summed E-state index contributed by atoms with van der Waals surface area (Å²) in [7, 11) is 2.59. The van der Waals surface area contributed by atoms with Crippen molar-refractivity contribution >= 4 is 96.7 Å². The van der Waals surface area contributed by atoms with E-state index in [-0.39, 0.29) is 92.9 Å². The third kappa shape index (κ3) is 19.6. The predicted molar refractivity (Wildman–Crippen MR) is 249 cm³/mol. The monoisotopic (exact) mass is 996 g/mol. The van der Waals surface area contributed by atoms with E-state index < -0.39 is 83.5 Å². The summed E-state index contributed by atoms with van der Waals surface area (Å²) in [6.45, 7) is 0.214. The fourth-order valence-corrected chi connectivity index (χ4v) is 9.67. The number of hydrogen-bond donors (Lipinski definition) is 12. The second kappa shape index (κ2) is 27.8. The van der Waals surface area contributed by atoms with Crippen LogP contribution in [0.25, 0.3) is 0 Å². The Labute approximate surface area is 387 Å². The minimum atomic E-state index is -1.43. The van der Waals surface area contributed by atoms with Crippen molar-refractivity contribution < 1.29 is 38.4 Å². The Hall–Kier alpha value is -5.30. The van der Waals surface area contributed by atoms with Crippen molar-refractivity contribution in [2.45, 2.75) is 113 Å². The van der Waals surface area contributed by atoms with Crippen LogP contribution < -0.4 is 66.3 Å². The summed E-state index contributed by atoms with van der Waals surface area (Å²) in [5.74, 6) is -5.64. The van der Waals surface area contributed by atoms with Crippen LogP contribution in [0.15, 0.2) is 38.7 Å². The molecular formula is C39H61BrN14O8S2. The summed E-state index contributed by atoms with van der Waals surface area (Å²) in [5, 5.41) is 16.0. The normalized spacial score (nSPS) is 18.4. The first-order chi connectivity index (χ1) is 30.4. The SMILES string of the molecule is NC(=O)CC[C@H](NC(=O)[C@@H](CCCN=C(N)N)NC(=O)[C@@H](CCCN=C(N)N)NC(=O)c1cccc(Br)c1)C(=O)N[C@@H](CC1CCCCC1)C(=O)N[C@H]1CSSC[C@@H](C(N)=O)NC1=O. The minimum Gasteiger partial charge on any atom is -0.370 e. The van der Waals surface area contributed by atoms with Crippen molar-refractivity contribution in [3.05, 3.63) is 34.3 Å². The molecule has 25 heteroatoms. The molecule has 1 aromatic carbocycles. The molecule has 0 aromatic heterocycles. The van der Waals surface area contributed by atoms with Gasteiger partial charge in [-0.2, -0.15) is 0 Å². The van der Waals surface area contributed by atoms with Crippen LogP contribution in [0.2, 0.25) is 0 Å². The highest BCUT2D eigenvalue weighted by molar-refractivity contribution is 9.10. The second-order valence-electron chi connectivity index (χ2n) is 15.5. The Kier molecular flexibility index (Phi) is 23.0. The van der Waals surface area contributed by atoms with Gasteiger partial charge in [-0.25, -0.2) is 0 Å². The molecule has 3 rings (SSSR count). The van der Waals surface area contributed by atoms with Crippen LogP contribution in [0.5, 0.6) is 0 Å². The molecule has 2 aliphatic rings. The Morgan fingerprint density at radius 2 is 1.27 bits per heavy atom. The maximum Gasteiger partial charge on any atom is 0.251 e. The number of carbonyl (C=O) groups excluding carboxylic acids is 8. The van der Waals surface area contributed by atoms with E-state index in [4.69, 9.17) is 34.4 Å². The number of halogens is 1. The first kappa shape index (κ1) is 53.0. The molecule has 18 N–H and O–H groups in total. The average Bonchev–Trinajstić information content (AvgIpc) is 3.23. The van der Waals surface area contributed by atoms with Crippen LogP contribution in [0.3, 0.4) is 0 Å². The number of carbonyl (C=O) groups is 8. The smallest absolute Gasteiger partial charge is 0.251 e. The quantitative estimate of drug-likeness (QED) is 0.0235. The van der Waals surface area contributed by atoms with Gasteiger partial charge in [-0.15, -0.1) is 0 Å². The molecule has 6 atom stereocenters. The summed E-state index contributed by atoms with van der Waals surface area (Å²) in [6.07, 6.45) is 4.56. The molecule has 1 saturated heterocycles. The third-order valence-corrected chi connectivity index (χ3v) is 13.2. The summed E-state index contributed by atoms with van der Waals surface area (Å²) < 4.78 is 0.628. The zero-order valence-electron chi connectivity index (χ0n) is 35.5. The van der Waals surface area contributed by atoms with E-state index in [2.05, 4.69) is 57.8 Å². The van der Waals surface area contributed by atoms with Crippen LogP contribution in [-0.4, -0.2) is 120 Å². The van der Waals surface area contributed by atoms with Crippen LogP contribution in [0, 0.1) is 5.92 Å². The molecule has 1 heterocycles. The van der Waals surface area contributed by atoms with E-state index in [9.17, 15) is 38.4 Å². The minimum absolute atomic E-state index is 0.0398. The maximum atomic E-state index is 14.2. The summed E-state index contributed by atoms with van der Waals surface area (Å²) >= 11 is 3.33. The molecule has 2 fully saturated rings. The highest BCUT2D eigenvalue weighted by Crippen LogP contribution is 2.28. The van der Waals surface area contributed by atoms with Gasteiger partial charge < -0.3 is 66.3 Å². The summed E-state index contributed by atoms with van der Waals surface area (Å²) in [5.41, 5.74) is 33.1. The zero-order chi connectivity index (χ0) is 47.2. The lowest BCUT2D eigenvalue weighted by molar-refractivity contribution is -0.135. The molecule has 0 bridgehead atoms. The number of nitrogens with two attached hydrogens (primary N) is 6. The molecule has 0 unspecified atom stereocenters. The molecule has 0 radical (unpaired) electrons. The van der Waals surface area contributed by atoms with Crippen molar-refractivity contribution in [3.8, 4) is 0 Å². The number of benzene rings is 1. The number of primary amides is 2. The van der Waals surface area contributed by atoms with Gasteiger partial charge in [0.15, 0.2) is 11.9 Å². The molecule has 1 aliphatic carbocycles. The van der Waals surface area contributed by atoms with E-state index in [1.165, 1.54) is 21.6 Å². The maximum absolute atomic E-state index is 14.2. The number of nitrogens with zero attached hydrogens (tertiary/aromatic N) is 2. The molecule has 22 nitrogen and oxygen atoms in total. The van der Waals surface area contributed by atoms with E-state index >= 15 is 0 Å². The fraction of sp³-hybridized carbons (Fsp3) is 0.590. The zero-order valence-corrected chi connectivity index (χ0v) is 38.7. The number of amides is 8. The van der Waals surface area contributed by atoms with Gasteiger partial charge in [0.1, 0.15) is 36.3 Å². The van der Waals surface area contributed by atoms with Gasteiger partial charge in [0.2, 0.25) is 41.4 Å². The molecule has 0 spiro atoms. The number of nitrogens with one attached hydrogen (secondary N) is 6. The largest absolute Gasteiger partial charge is 0.370 e. The van der Waals surface area contributed by atoms with Crippen molar-refractivity contribution in [1.82, 2.24) is 31.9 Å². The van der Waals surface area contributed by atoms with Gasteiger partial charge in [-0.05, 0) is 62.6 Å². The molecular weight excluding hydrogens is 937 g/mol. The lowest BCUT2D eigenvalue weighted by Crippen LogP contribution is -2.60. The molecule has 1 saturated carbocycles. The second-order valence-corrected chi connectivity index (χ2v) is 18.9. The standard InChI is InChI=1S/C39H61BrN14O8S2/c40-23-10-4-9-22(18-23)32(57)49-24(11-5-15-47-38(43)44)33(58)50-25(12-6-16-48-39(45)46)34(59)51-26(13-14-30(41)55)35(60)52-27(17-21-7-2-1-3-8-21)36(61)54-29-20-64-63-19-28(31(42)56)53-37(29)62/h4,9-10,18,21,24-29H,1-3,5-8,11-17,19-20H2,(H2,41,55)(H2,42,56)(H,49,57)(H,50,58)(H,51,59)(H,52,60)(H,53,62)(H,54,61)(H4,43,44,47)(H4,45,46,48)/t24-,25-,26+,27+,28+,29+/m1/s1. The number of hydrogen-bond acceptors (Lipinski definition) is 12. The Morgan fingerprint density at radius 3 is 1.81 bits per heavy atom. The van der Waals surface area contributed by atoms with Crippen molar-refractivity contribution in [1.29, 1.82) is 0 Å². The van der Waals surface area contributed by atoms with Gasteiger partial charge >= 0.3 is 0 Å². The Bertz CT molecular complexity index is 1860. The highest BCUT2D eigenvalue weighted by Gasteiger charge is 2.35. The Morgan fingerprint density at radius 1 is 0.719 bits per heavy atom. The summed E-state index contributed by atoms with van der Waals surface area (Å²) in [6, 6.07) is -0.625. The molecule has 1 aliphatic heterocycles. The van der Waals surface area contributed by atoms with Crippen LogP contribution in [-0.2, 0) is 33.6 Å². The van der Waals surface area contributed by atoms with Crippen LogP contribution >= 0.6 is 37.5 Å². The van der Waals surface area contributed by atoms with Gasteiger partial charge in [0.05, 0.1) is 0 Å². The van der Waals surface area contributed by atoms with Gasteiger partial charge in [0.25, 0.3) is 5.91 Å². The van der Waals surface area contributed by atoms with E-state index in [0.29, 0.717) is 4.47 Å². The first-order valence-electron chi connectivity index (χ1n) is 20.9. The third-order valence-electron chi connectivity index (χ3n) is 10.3. The van der Waals surface area contributed by atoms with E-state index in [1.54, 1.807) is 24.3 Å². The average molecular weight is 998 g/mol. The number of guanidine groups is 2. The number of aliphatic imine (C=N–C) groups is 2. The van der Waals surface area contributed by atoms with Crippen LogP contribution in [0.1, 0.15) is 87.4 Å². The fourth-order valence-electron chi connectivity index (χ4n) is 6.93. The molecule has 1 aromatic rings. The van der Waals surface area contributed by atoms with Crippen molar-refractivity contribution in [2.24, 2.45) is 50.3 Å². The highest BCUT2D eigenvalue weighted by atomic mass is 79.9. The van der Waals surface area contributed by atoms with Gasteiger partial charge in [-0.1, -0.05) is 75.7 Å². The summed E-state index contributed by atoms with van der Waals surface area (Å²) in [4.78, 5) is 115. The lowest BCUT2D eigenvalue weighted by Gasteiger charge is -2.30. The van der Waals surface area contributed by atoms with Crippen molar-refractivity contribution in [3.63, 3.8) is 0 Å². The predicted octanol–water partition coefficient (Wildman–Crippen LogP) is -1.81. The van der Waals surface area contributed by atoms with Crippen LogP contribution in [0.4, 0.5) is 0 Å². The lowest BCUT2D eigenvalue weighted by atomic mass is 9.84. The van der Waals surface area contributed by atoms with Crippen molar-refractivity contribution in [2.75, 3.05) is 24.6 Å². The molecule has 64 heavy (non-hydrogen) atoms. The first-order valence-corrected chi connectivity index (χ1v) is 24.2. The molecule has 8 amide bonds. The topological polar surface area (TPSA) is 390 Å². The number of rotatable bonds is 24. The molecule has 354 valence electrons. The Balaban J connectivity index is 1.88. The van der Waals surface area contributed by atoms with Gasteiger partial charge in [0, 0.05) is 41.1 Å². The van der Waals surface area contributed by atoms with E-state index in [0.717, 1.165) is 32.1 Å². The van der Waals surface area contributed by atoms with E-state index in [1.807, 2.05) is 0 Å². The van der Waals surface area contributed by atoms with Gasteiger partial charge in [-0.3, -0.25) is 48.3 Å².